The monoisotopic (exact) mass is 490 g/mol. The zero-order valence-electron chi connectivity index (χ0n) is 18.2. The molecule has 1 N–H and O–H groups in total. The van der Waals surface area contributed by atoms with E-state index in [2.05, 4.69) is 20.6 Å². The van der Waals surface area contributed by atoms with Crippen molar-refractivity contribution in [3.63, 3.8) is 0 Å². The molecule has 33 heavy (non-hydrogen) atoms. The van der Waals surface area contributed by atoms with Gasteiger partial charge in [0.25, 0.3) is 0 Å². The molecule has 0 saturated carbocycles. The second kappa shape index (κ2) is 10.8. The molecule has 2 bridgehead atoms. The van der Waals surface area contributed by atoms with Gasteiger partial charge in [0.1, 0.15) is 12.4 Å². The third kappa shape index (κ3) is 6.67. The lowest BCUT2D eigenvalue weighted by molar-refractivity contribution is -0.138. The topological polar surface area (TPSA) is 94.9 Å². The molecule has 2 fully saturated rings. The summed E-state index contributed by atoms with van der Waals surface area (Å²) >= 11 is 5.91. The molecule has 2 heterocycles. The number of nitrogens with one attached hydrogen (secondary N) is 1. The number of halogens is 1. The molecule has 2 atom stereocenters. The maximum Gasteiger partial charge on any atom is 0.240 e. The highest BCUT2D eigenvalue weighted by atomic mass is 35.5. The molecule has 2 unspecified atom stereocenters. The maximum absolute atomic E-state index is 12.5. The molecule has 8 nitrogen and oxygen atoms in total. The fraction of sp³-hybridized carbons (Fsp3) is 0.435. The number of morpholine rings is 2. The van der Waals surface area contributed by atoms with Crippen molar-refractivity contribution >= 4 is 21.6 Å². The summed E-state index contributed by atoms with van der Waals surface area (Å²) in [5, 5.41) is 9.26. The van der Waals surface area contributed by atoms with Crippen LogP contribution in [0.3, 0.4) is 0 Å². The maximum atomic E-state index is 12.5. The summed E-state index contributed by atoms with van der Waals surface area (Å²) in [7, 11) is -3.58. The van der Waals surface area contributed by atoms with E-state index in [1.165, 1.54) is 12.1 Å². The van der Waals surface area contributed by atoms with Crippen molar-refractivity contribution in [3.05, 3.63) is 59.1 Å². The van der Waals surface area contributed by atoms with Crippen LogP contribution in [0.4, 0.5) is 0 Å². The van der Waals surface area contributed by atoms with Crippen LogP contribution >= 0.6 is 11.6 Å². The van der Waals surface area contributed by atoms with Gasteiger partial charge in [-0.25, -0.2) is 13.1 Å². The van der Waals surface area contributed by atoms with E-state index in [9.17, 15) is 8.42 Å². The summed E-state index contributed by atoms with van der Waals surface area (Å²) in [5.74, 6) is 0.758. The van der Waals surface area contributed by atoms with Gasteiger partial charge in [-0.1, -0.05) is 17.7 Å². The van der Waals surface area contributed by atoms with E-state index >= 15 is 0 Å². The number of rotatable bonds is 9. The van der Waals surface area contributed by atoms with Crippen molar-refractivity contribution < 1.29 is 17.9 Å². The van der Waals surface area contributed by atoms with Crippen molar-refractivity contribution in [2.75, 3.05) is 52.4 Å². The first kappa shape index (κ1) is 24.0. The van der Waals surface area contributed by atoms with Crippen molar-refractivity contribution in [1.82, 2.24) is 14.5 Å². The second-order valence-corrected chi connectivity index (χ2v) is 10.4. The molecule has 10 heteroatoms. The van der Waals surface area contributed by atoms with Crippen molar-refractivity contribution in [2.24, 2.45) is 0 Å². The van der Waals surface area contributed by atoms with E-state index in [4.69, 9.17) is 26.3 Å². The Morgan fingerprint density at radius 3 is 2.36 bits per heavy atom. The van der Waals surface area contributed by atoms with Crippen molar-refractivity contribution in [1.29, 1.82) is 5.26 Å². The van der Waals surface area contributed by atoms with Crippen LogP contribution in [-0.4, -0.2) is 82.8 Å². The first-order chi connectivity index (χ1) is 15.9. The zero-order valence-corrected chi connectivity index (χ0v) is 19.8. The minimum atomic E-state index is -3.58. The SMILES string of the molecule is N#Cc1ccc(OCCN2CC3CN(CCNS(=O)(=O)c4cccc(Cl)c4)CC(C2)O3)cc1. The number of hydrogen-bond acceptors (Lipinski definition) is 7. The van der Waals surface area contributed by atoms with Gasteiger partial charge in [-0.15, -0.1) is 0 Å². The van der Waals surface area contributed by atoms with Gasteiger partial charge < -0.3 is 9.47 Å². The Bertz CT molecular complexity index is 1080. The first-order valence-electron chi connectivity index (χ1n) is 10.9. The highest BCUT2D eigenvalue weighted by molar-refractivity contribution is 7.89. The molecule has 0 aliphatic carbocycles. The Morgan fingerprint density at radius 1 is 1.06 bits per heavy atom. The predicted octanol–water partition coefficient (Wildman–Crippen LogP) is 1.95. The molecule has 0 aromatic heterocycles. The minimum absolute atomic E-state index is 0.0944. The molecule has 2 aliphatic rings. The lowest BCUT2D eigenvalue weighted by atomic mass is 10.1. The van der Waals surface area contributed by atoms with Gasteiger partial charge in [0.2, 0.25) is 10.0 Å². The molecule has 176 valence electrons. The zero-order chi connectivity index (χ0) is 23.3. The van der Waals surface area contributed by atoms with Crippen LogP contribution in [0.2, 0.25) is 5.02 Å². The van der Waals surface area contributed by atoms with Crippen LogP contribution in [0.1, 0.15) is 5.56 Å². The number of sulfonamides is 1. The molecule has 2 saturated heterocycles. The molecule has 2 aromatic rings. The molecule has 2 aromatic carbocycles. The Labute approximate surface area is 199 Å². The first-order valence-corrected chi connectivity index (χ1v) is 12.8. The smallest absolute Gasteiger partial charge is 0.240 e. The van der Waals surface area contributed by atoms with Crippen LogP contribution in [0, 0.1) is 11.3 Å². The van der Waals surface area contributed by atoms with Crippen molar-refractivity contribution in [3.8, 4) is 11.8 Å². The summed E-state index contributed by atoms with van der Waals surface area (Å²) in [4.78, 5) is 4.78. The molecule has 0 radical (unpaired) electrons. The fourth-order valence-corrected chi connectivity index (χ4v) is 5.52. The standard InChI is InChI=1S/C23H27ClN4O4S/c24-19-2-1-3-23(12-19)33(29,30)26-8-9-27-14-21-16-28(17-22(15-27)32-21)10-11-31-20-6-4-18(13-25)5-7-20/h1-7,12,21-22,26H,8-11,14-17H2. The Hall–Kier alpha value is -2.19. The fourth-order valence-electron chi connectivity index (χ4n) is 4.20. The molecular weight excluding hydrogens is 464 g/mol. The van der Waals surface area contributed by atoms with Crippen LogP contribution in [0.5, 0.6) is 5.75 Å². The highest BCUT2D eigenvalue weighted by Crippen LogP contribution is 2.20. The average molecular weight is 491 g/mol. The van der Waals surface area contributed by atoms with Crippen LogP contribution in [0.25, 0.3) is 0 Å². The Balaban J connectivity index is 1.19. The summed E-state index contributed by atoms with van der Waals surface area (Å²) < 4.78 is 39.5. The van der Waals surface area contributed by atoms with Gasteiger partial charge in [-0.2, -0.15) is 5.26 Å². The summed E-state index contributed by atoms with van der Waals surface area (Å²) in [6.07, 6.45) is 0.189. The normalized spacial score (nSPS) is 21.5. The number of benzene rings is 2. The van der Waals surface area contributed by atoms with Crippen molar-refractivity contribution in [2.45, 2.75) is 17.1 Å². The summed E-state index contributed by atoms with van der Waals surface area (Å²) in [6.45, 7) is 5.49. The second-order valence-electron chi connectivity index (χ2n) is 8.24. The number of hydrogen-bond donors (Lipinski definition) is 1. The van der Waals surface area contributed by atoms with Crippen LogP contribution in [0.15, 0.2) is 53.4 Å². The third-order valence-corrected chi connectivity index (χ3v) is 7.41. The number of ether oxygens (including phenoxy) is 2. The number of fused-ring (bicyclic) bond motifs is 2. The Kier molecular flexibility index (Phi) is 7.86. The average Bonchev–Trinajstić information content (AvgIpc) is 2.79. The van der Waals surface area contributed by atoms with Gasteiger partial charge in [-0.3, -0.25) is 9.80 Å². The lowest BCUT2D eigenvalue weighted by Crippen LogP contribution is -2.60. The van der Waals surface area contributed by atoms with Gasteiger partial charge in [0.05, 0.1) is 28.7 Å². The minimum Gasteiger partial charge on any atom is -0.492 e. The summed E-state index contributed by atoms with van der Waals surface area (Å²) in [6, 6.07) is 15.5. The van der Waals surface area contributed by atoms with E-state index < -0.39 is 10.0 Å². The van der Waals surface area contributed by atoms with Gasteiger partial charge in [-0.05, 0) is 42.5 Å². The van der Waals surface area contributed by atoms with E-state index in [0.717, 1.165) is 38.5 Å². The van der Waals surface area contributed by atoms with E-state index in [1.807, 2.05) is 12.1 Å². The van der Waals surface area contributed by atoms with E-state index in [1.54, 1.807) is 24.3 Å². The van der Waals surface area contributed by atoms with Gasteiger partial charge in [0, 0.05) is 50.8 Å². The molecule has 2 aliphatic heterocycles. The highest BCUT2D eigenvalue weighted by Gasteiger charge is 2.34. The number of nitrogens with zero attached hydrogens (tertiary/aromatic N) is 3. The molecule has 0 spiro atoms. The molecule has 4 rings (SSSR count). The largest absolute Gasteiger partial charge is 0.492 e. The predicted molar refractivity (Wildman–Crippen MR) is 125 cm³/mol. The quantitative estimate of drug-likeness (QED) is 0.574. The molecule has 0 amide bonds. The summed E-state index contributed by atoms with van der Waals surface area (Å²) in [5.41, 5.74) is 0.616. The lowest BCUT2D eigenvalue weighted by Gasteiger charge is -2.45. The molecular formula is C23H27ClN4O4S. The van der Waals surface area contributed by atoms with Crippen LogP contribution in [-0.2, 0) is 14.8 Å². The van der Waals surface area contributed by atoms with Gasteiger partial charge >= 0.3 is 0 Å². The number of nitriles is 1. The van der Waals surface area contributed by atoms with Crippen LogP contribution < -0.4 is 9.46 Å². The van der Waals surface area contributed by atoms with E-state index in [0.29, 0.717) is 30.3 Å². The van der Waals surface area contributed by atoms with E-state index in [-0.39, 0.29) is 17.1 Å². The Morgan fingerprint density at radius 2 is 1.73 bits per heavy atom. The van der Waals surface area contributed by atoms with Gasteiger partial charge in [0.15, 0.2) is 0 Å². The third-order valence-electron chi connectivity index (χ3n) is 5.72.